The summed E-state index contributed by atoms with van der Waals surface area (Å²) in [6, 6.07) is -0.876. The molecule has 0 aromatic rings. The second kappa shape index (κ2) is 53.5. The number of likely N-dealkylation sites (N-methyl/N-ethyl adjacent to an activating group) is 1. The zero-order valence-corrected chi connectivity index (χ0v) is 48.2. The normalized spacial score (nSPS) is 14.9. The summed E-state index contributed by atoms with van der Waals surface area (Å²) in [5.41, 5.74) is 0. The van der Waals surface area contributed by atoms with E-state index in [1.54, 1.807) is 6.08 Å². The molecule has 1 amide bonds. The highest BCUT2D eigenvalue weighted by molar-refractivity contribution is 7.47. The van der Waals surface area contributed by atoms with Gasteiger partial charge in [0.05, 0.1) is 39.9 Å². The summed E-state index contributed by atoms with van der Waals surface area (Å²) in [6.45, 7) is 4.60. The Bertz CT molecular complexity index is 1640. The number of unbranched alkanes of at least 4 members (excludes halogenated alkanes) is 18. The highest BCUT2D eigenvalue weighted by Crippen LogP contribution is 2.43. The Kier molecular flexibility index (Phi) is 51.0. The lowest BCUT2D eigenvalue weighted by molar-refractivity contribution is -0.870. The van der Waals surface area contributed by atoms with E-state index in [9.17, 15) is 19.4 Å². The molecule has 3 unspecified atom stereocenters. The van der Waals surface area contributed by atoms with Gasteiger partial charge in [-0.05, 0) is 103 Å². The van der Waals surface area contributed by atoms with Crippen molar-refractivity contribution >= 4 is 13.7 Å². The van der Waals surface area contributed by atoms with Gasteiger partial charge >= 0.3 is 7.82 Å². The van der Waals surface area contributed by atoms with Gasteiger partial charge in [0.15, 0.2) is 0 Å². The number of phosphoric acid groups is 1. The van der Waals surface area contributed by atoms with Crippen molar-refractivity contribution in [3.63, 3.8) is 0 Å². The topological polar surface area (TPSA) is 105 Å². The van der Waals surface area contributed by atoms with Crippen molar-refractivity contribution in [2.45, 2.75) is 225 Å². The first-order chi connectivity index (χ1) is 35.5. The summed E-state index contributed by atoms with van der Waals surface area (Å²) < 4.78 is 23.6. The van der Waals surface area contributed by atoms with Crippen molar-refractivity contribution in [3.05, 3.63) is 134 Å². The van der Waals surface area contributed by atoms with E-state index in [-0.39, 0.29) is 19.1 Å². The molecule has 3 atom stereocenters. The van der Waals surface area contributed by atoms with E-state index in [1.807, 2.05) is 27.2 Å². The molecule has 416 valence electrons. The van der Waals surface area contributed by atoms with Crippen molar-refractivity contribution < 1.29 is 32.9 Å². The molecule has 0 heterocycles. The Morgan fingerprint density at radius 3 is 1.26 bits per heavy atom. The van der Waals surface area contributed by atoms with Crippen molar-refractivity contribution in [2.75, 3.05) is 40.9 Å². The van der Waals surface area contributed by atoms with Crippen molar-refractivity contribution in [3.8, 4) is 0 Å². The first-order valence-electron chi connectivity index (χ1n) is 29.1. The van der Waals surface area contributed by atoms with Gasteiger partial charge in [-0.15, -0.1) is 0 Å². The van der Waals surface area contributed by atoms with Crippen LogP contribution in [0, 0.1) is 0 Å². The monoisotopic (exact) mass is 1030 g/mol. The third-order valence-electron chi connectivity index (χ3n) is 12.1. The Morgan fingerprint density at radius 1 is 0.479 bits per heavy atom. The number of amides is 1. The molecule has 0 fully saturated rings. The largest absolute Gasteiger partial charge is 0.472 e. The number of quaternary nitrogens is 1. The maximum absolute atomic E-state index is 12.9. The third-order valence-corrected chi connectivity index (χ3v) is 13.1. The van der Waals surface area contributed by atoms with Gasteiger partial charge in [-0.1, -0.05) is 237 Å². The Hall–Kier alpha value is -3.36. The van der Waals surface area contributed by atoms with Crippen LogP contribution >= 0.6 is 7.82 Å². The van der Waals surface area contributed by atoms with Crippen molar-refractivity contribution in [2.24, 2.45) is 0 Å². The maximum Gasteiger partial charge on any atom is 0.472 e. The van der Waals surface area contributed by atoms with Gasteiger partial charge in [0, 0.05) is 6.42 Å². The number of nitrogens with zero attached hydrogens (tertiary/aromatic N) is 1. The van der Waals surface area contributed by atoms with Gasteiger partial charge in [-0.25, -0.2) is 4.57 Å². The number of hydrogen-bond acceptors (Lipinski definition) is 5. The number of carbonyl (C=O) groups excluding carboxylic acids is 1. The summed E-state index contributed by atoms with van der Waals surface area (Å²) in [6.07, 6.45) is 81.4. The summed E-state index contributed by atoms with van der Waals surface area (Å²) in [7, 11) is 1.53. The van der Waals surface area contributed by atoms with Crippen LogP contribution in [0.2, 0.25) is 0 Å². The van der Waals surface area contributed by atoms with E-state index in [0.717, 1.165) is 103 Å². The van der Waals surface area contributed by atoms with Crippen LogP contribution in [0.5, 0.6) is 0 Å². The quantitative estimate of drug-likeness (QED) is 0.0243. The summed E-state index contributed by atoms with van der Waals surface area (Å²) >= 11 is 0. The van der Waals surface area contributed by atoms with Crippen LogP contribution in [0.1, 0.15) is 213 Å². The van der Waals surface area contributed by atoms with Crippen molar-refractivity contribution in [1.29, 1.82) is 0 Å². The Labute approximate surface area is 449 Å². The summed E-state index contributed by atoms with van der Waals surface area (Å²) in [5, 5.41) is 13.8. The molecule has 0 aliphatic carbocycles. The van der Waals surface area contributed by atoms with E-state index < -0.39 is 20.0 Å². The van der Waals surface area contributed by atoms with Crippen LogP contribution in [0.3, 0.4) is 0 Å². The van der Waals surface area contributed by atoms with E-state index >= 15 is 0 Å². The average Bonchev–Trinajstić information content (AvgIpc) is 3.35. The van der Waals surface area contributed by atoms with Gasteiger partial charge in [0.1, 0.15) is 13.2 Å². The smallest absolute Gasteiger partial charge is 0.387 e. The van der Waals surface area contributed by atoms with Crippen molar-refractivity contribution in [1.82, 2.24) is 5.32 Å². The third kappa shape index (κ3) is 56.2. The van der Waals surface area contributed by atoms with Crippen LogP contribution in [0.4, 0.5) is 0 Å². The average molecular weight is 1030 g/mol. The summed E-state index contributed by atoms with van der Waals surface area (Å²) in [5.74, 6) is -0.198. The molecule has 0 aliphatic heterocycles. The van der Waals surface area contributed by atoms with Gasteiger partial charge < -0.3 is 19.8 Å². The minimum absolute atomic E-state index is 0.0478. The molecule has 0 saturated carbocycles. The molecule has 0 aromatic carbocycles. The molecule has 0 saturated heterocycles. The molecule has 0 bridgehead atoms. The molecular weight excluding hydrogens is 924 g/mol. The molecule has 8 nitrogen and oxygen atoms in total. The van der Waals surface area contributed by atoms with Gasteiger partial charge in [-0.2, -0.15) is 0 Å². The molecule has 0 rings (SSSR count). The second-order valence-electron chi connectivity index (χ2n) is 20.3. The highest BCUT2D eigenvalue weighted by atomic mass is 31.2. The Balaban J connectivity index is 4.05. The van der Waals surface area contributed by atoms with Crippen LogP contribution in [-0.2, 0) is 18.4 Å². The van der Waals surface area contributed by atoms with Crippen LogP contribution in [0.25, 0.3) is 0 Å². The lowest BCUT2D eigenvalue weighted by Gasteiger charge is -2.25. The zero-order chi connectivity index (χ0) is 53.5. The molecule has 0 radical (unpaired) electrons. The number of phosphoric ester groups is 1. The number of aliphatic hydroxyl groups excluding tert-OH is 1. The number of rotatable bonds is 51. The van der Waals surface area contributed by atoms with Crippen LogP contribution in [-0.4, -0.2) is 73.4 Å². The fourth-order valence-electron chi connectivity index (χ4n) is 7.55. The van der Waals surface area contributed by atoms with Crippen LogP contribution in [0.15, 0.2) is 134 Å². The predicted octanol–water partition coefficient (Wildman–Crippen LogP) is 17.9. The first-order valence-corrected chi connectivity index (χ1v) is 30.6. The lowest BCUT2D eigenvalue weighted by atomic mass is 10.0. The number of aliphatic hydroxyl groups is 1. The second-order valence-corrected chi connectivity index (χ2v) is 21.7. The fourth-order valence-corrected chi connectivity index (χ4v) is 8.28. The number of allylic oxidation sites excluding steroid dienone is 21. The number of nitrogens with one attached hydrogen (secondary N) is 1. The molecule has 0 aromatic heterocycles. The molecule has 73 heavy (non-hydrogen) atoms. The van der Waals surface area contributed by atoms with Gasteiger partial charge in [0.25, 0.3) is 0 Å². The SMILES string of the molecule is CC/C=C\C/C=C\C/C=C\C/C=C\C/C=C\C/C=C\C/C=C\C/C=C\CCCCCCCCCCCCCCCCC(=O)NC(COP(=O)(O)OCC[N+](C)(C)C)C(O)/C=C/CC/C=C/CC/C=C/CCCC. The highest BCUT2D eigenvalue weighted by Gasteiger charge is 2.27. The molecule has 3 N–H and O–H groups in total. The minimum atomic E-state index is -4.36. The van der Waals surface area contributed by atoms with E-state index in [1.165, 1.54) is 89.9 Å². The number of hydrogen-bond donors (Lipinski definition) is 3. The van der Waals surface area contributed by atoms with Crippen LogP contribution < -0.4 is 5.32 Å². The number of carbonyl (C=O) groups is 1. The van der Waals surface area contributed by atoms with Gasteiger partial charge in [-0.3, -0.25) is 13.8 Å². The maximum atomic E-state index is 12.9. The standard InChI is InChI=1S/C64H109N2O6P/c1-6-8-10-12-14-16-18-20-21-22-23-24-25-26-27-28-29-30-31-32-33-34-35-36-37-38-39-40-41-42-43-44-45-46-48-50-52-54-56-58-64(68)65-62(61-72-73(69,70)71-60-59-66(3,4)5)63(67)57-55-53-51-49-47-19-17-15-13-11-9-7-2/h8,10,13-16,20-21,23-24,26-27,29-30,32-33,35-36,47,49,55,57,62-63,67H,6-7,9,11-12,17-19,22,25,28,31,34,37-46,48,50-54,56,58-61H2,1-5H3,(H-,65,68,69,70)/p+1/b10-8-,15-13+,16-14-,21-20-,24-23-,27-26-,30-29-,33-32-,36-35-,49-47+,57-55+. The fraction of sp³-hybridized carbons (Fsp3) is 0.641. The molecule has 0 spiro atoms. The minimum Gasteiger partial charge on any atom is -0.387 e. The molecule has 0 aliphatic rings. The lowest BCUT2D eigenvalue weighted by Crippen LogP contribution is -2.45. The van der Waals surface area contributed by atoms with Gasteiger partial charge in [0.2, 0.25) is 5.91 Å². The van der Waals surface area contributed by atoms with E-state index in [4.69, 9.17) is 9.05 Å². The van der Waals surface area contributed by atoms with E-state index in [2.05, 4.69) is 141 Å². The Morgan fingerprint density at radius 2 is 0.836 bits per heavy atom. The molecular formula is C64H110N2O6P+. The summed E-state index contributed by atoms with van der Waals surface area (Å²) in [4.78, 5) is 23.2. The molecule has 9 heteroatoms. The van der Waals surface area contributed by atoms with E-state index in [0.29, 0.717) is 17.4 Å². The first kappa shape index (κ1) is 69.6. The predicted molar refractivity (Wildman–Crippen MR) is 318 cm³/mol. The zero-order valence-electron chi connectivity index (χ0n) is 47.3.